The molecule has 1 N–H and O–H groups in total. The minimum Gasteiger partial charge on any atom is -0.345 e. The van der Waals surface area contributed by atoms with Crippen LogP contribution < -0.4 is 5.32 Å². The number of nitrogens with zero attached hydrogens (tertiary/aromatic N) is 2. The van der Waals surface area contributed by atoms with Crippen LogP contribution in [0.15, 0.2) is 35.3 Å². The molecule has 1 aliphatic rings. The molecule has 1 atom stereocenters. The molecule has 19 heavy (non-hydrogen) atoms. The maximum Gasteiger partial charge on any atom is 0.194 e. The van der Waals surface area contributed by atoms with Crippen molar-refractivity contribution in [2.75, 3.05) is 26.7 Å². The van der Waals surface area contributed by atoms with Crippen molar-refractivity contribution >= 4 is 5.96 Å². The third kappa shape index (κ3) is 3.75. The smallest absolute Gasteiger partial charge is 0.194 e. The molecule has 1 fully saturated rings. The van der Waals surface area contributed by atoms with Crippen molar-refractivity contribution in [2.45, 2.75) is 12.8 Å². The number of hydrogen-bond donors (Lipinski definition) is 1. The summed E-state index contributed by atoms with van der Waals surface area (Å²) in [6, 6.07) is 10.7. The lowest BCUT2D eigenvalue weighted by atomic mass is 9.99. The normalized spacial score (nSPS) is 19.3. The van der Waals surface area contributed by atoms with Crippen LogP contribution in [0.1, 0.15) is 12.0 Å². The molecule has 100 valence electrons. The lowest BCUT2D eigenvalue weighted by Crippen LogP contribution is -2.40. The fraction of sp³-hybridized carbons (Fsp3) is 0.438. The monoisotopic (exact) mass is 255 g/mol. The first-order chi connectivity index (χ1) is 9.33. The van der Waals surface area contributed by atoms with Gasteiger partial charge in [0.15, 0.2) is 5.96 Å². The Hall–Kier alpha value is -1.95. The van der Waals surface area contributed by atoms with Crippen LogP contribution in [0.4, 0.5) is 0 Å². The zero-order valence-electron chi connectivity index (χ0n) is 11.5. The van der Waals surface area contributed by atoms with Gasteiger partial charge in [0.1, 0.15) is 0 Å². The number of likely N-dealkylation sites (tertiary alicyclic amines) is 1. The maximum atomic E-state index is 5.27. The zero-order valence-corrected chi connectivity index (χ0v) is 11.5. The van der Waals surface area contributed by atoms with Gasteiger partial charge in [-0.25, -0.2) is 0 Å². The highest BCUT2D eigenvalue weighted by Gasteiger charge is 2.24. The van der Waals surface area contributed by atoms with Crippen molar-refractivity contribution in [2.24, 2.45) is 10.9 Å². The van der Waals surface area contributed by atoms with Crippen molar-refractivity contribution in [3.63, 3.8) is 0 Å². The van der Waals surface area contributed by atoms with Crippen molar-refractivity contribution in [1.82, 2.24) is 10.2 Å². The number of terminal acetylenes is 1. The number of benzene rings is 1. The second-order valence-electron chi connectivity index (χ2n) is 4.90. The molecule has 1 unspecified atom stereocenters. The Morgan fingerprint density at radius 1 is 1.47 bits per heavy atom. The Bertz CT molecular complexity index is 459. The minimum atomic E-state index is 0.534. The summed E-state index contributed by atoms with van der Waals surface area (Å²) in [5, 5.41) is 3.19. The lowest BCUT2D eigenvalue weighted by molar-refractivity contribution is 0.463. The molecule has 0 aliphatic carbocycles. The first kappa shape index (κ1) is 13.5. The Balaban J connectivity index is 1.87. The van der Waals surface area contributed by atoms with Crippen molar-refractivity contribution in [3.05, 3.63) is 35.9 Å². The van der Waals surface area contributed by atoms with Crippen molar-refractivity contribution in [3.8, 4) is 12.3 Å². The molecule has 0 spiro atoms. The van der Waals surface area contributed by atoms with Gasteiger partial charge in [-0.3, -0.25) is 4.99 Å². The Labute approximate surface area is 115 Å². The fourth-order valence-corrected chi connectivity index (χ4v) is 2.60. The number of aliphatic imine (C=N–C) groups is 1. The van der Waals surface area contributed by atoms with E-state index < -0.39 is 0 Å². The van der Waals surface area contributed by atoms with Crippen molar-refractivity contribution < 1.29 is 0 Å². The molecule has 3 nitrogen and oxygen atoms in total. The number of nitrogens with one attached hydrogen (secondary N) is 1. The summed E-state index contributed by atoms with van der Waals surface area (Å²) >= 11 is 0. The molecule has 0 saturated carbocycles. The van der Waals surface area contributed by atoms with Gasteiger partial charge in [-0.15, -0.1) is 6.42 Å². The van der Waals surface area contributed by atoms with Crippen molar-refractivity contribution in [1.29, 1.82) is 0 Å². The van der Waals surface area contributed by atoms with Gasteiger partial charge in [0, 0.05) is 20.1 Å². The third-order valence-electron chi connectivity index (χ3n) is 3.51. The summed E-state index contributed by atoms with van der Waals surface area (Å²) in [6.45, 7) is 2.65. The molecule has 0 bridgehead atoms. The topological polar surface area (TPSA) is 27.6 Å². The van der Waals surface area contributed by atoms with E-state index in [0.717, 1.165) is 25.5 Å². The molecule has 1 aromatic rings. The molecule has 2 rings (SSSR count). The summed E-state index contributed by atoms with van der Waals surface area (Å²) in [5.41, 5.74) is 1.42. The Kier molecular flexibility index (Phi) is 4.85. The molecule has 0 aromatic heterocycles. The standard InChI is InChI=1S/C16H21N3/c1-3-10-18-16(17-2)19-11-9-15(13-19)12-14-7-5-4-6-8-14/h1,4-8,15H,9-13H2,2H3,(H,17,18). The second-order valence-corrected chi connectivity index (χ2v) is 4.90. The predicted octanol–water partition coefficient (Wildman–Crippen LogP) is 1.76. The number of guanidine groups is 1. The average molecular weight is 255 g/mol. The van der Waals surface area contributed by atoms with Crippen LogP contribution >= 0.6 is 0 Å². The molecular weight excluding hydrogens is 234 g/mol. The Morgan fingerprint density at radius 3 is 2.95 bits per heavy atom. The molecule has 1 saturated heterocycles. The molecule has 1 aliphatic heterocycles. The highest BCUT2D eigenvalue weighted by Crippen LogP contribution is 2.20. The van der Waals surface area contributed by atoms with Crippen LogP contribution in [0.5, 0.6) is 0 Å². The van der Waals surface area contributed by atoms with E-state index in [9.17, 15) is 0 Å². The van der Waals surface area contributed by atoms with Gasteiger partial charge in [0.2, 0.25) is 0 Å². The summed E-state index contributed by atoms with van der Waals surface area (Å²) in [7, 11) is 1.81. The SMILES string of the molecule is C#CCNC(=NC)N1CCC(Cc2ccccc2)C1. The van der Waals surface area contributed by atoms with Crippen LogP contribution in [0, 0.1) is 18.3 Å². The van der Waals surface area contributed by atoms with Crippen LogP contribution in [0.2, 0.25) is 0 Å². The van der Waals surface area contributed by atoms with Gasteiger partial charge >= 0.3 is 0 Å². The van der Waals surface area contributed by atoms with E-state index in [1.165, 1.54) is 12.0 Å². The second kappa shape index (κ2) is 6.84. The average Bonchev–Trinajstić information content (AvgIpc) is 2.89. The zero-order chi connectivity index (χ0) is 13.5. The van der Waals surface area contributed by atoms with Gasteiger partial charge in [0.05, 0.1) is 6.54 Å². The van der Waals surface area contributed by atoms with E-state index in [2.05, 4.69) is 51.5 Å². The third-order valence-corrected chi connectivity index (χ3v) is 3.51. The first-order valence-electron chi connectivity index (χ1n) is 6.76. The molecule has 1 heterocycles. The van der Waals surface area contributed by atoms with Gasteiger partial charge in [-0.1, -0.05) is 36.3 Å². The molecule has 1 aromatic carbocycles. The lowest BCUT2D eigenvalue weighted by Gasteiger charge is -2.20. The number of hydrogen-bond acceptors (Lipinski definition) is 1. The highest BCUT2D eigenvalue weighted by atomic mass is 15.3. The fourth-order valence-electron chi connectivity index (χ4n) is 2.60. The first-order valence-corrected chi connectivity index (χ1v) is 6.76. The summed E-state index contributed by atoms with van der Waals surface area (Å²) in [5.74, 6) is 4.21. The van der Waals surface area contributed by atoms with Crippen LogP contribution in [-0.4, -0.2) is 37.5 Å². The summed E-state index contributed by atoms with van der Waals surface area (Å²) in [6.07, 6.45) is 7.63. The predicted molar refractivity (Wildman–Crippen MR) is 80.0 cm³/mol. The van der Waals surface area contributed by atoms with Crippen LogP contribution in [-0.2, 0) is 6.42 Å². The van der Waals surface area contributed by atoms with Gasteiger partial charge in [-0.2, -0.15) is 0 Å². The largest absolute Gasteiger partial charge is 0.345 e. The highest BCUT2D eigenvalue weighted by molar-refractivity contribution is 5.80. The van der Waals surface area contributed by atoms with Gasteiger partial charge in [0.25, 0.3) is 0 Å². The van der Waals surface area contributed by atoms with Crippen LogP contribution in [0.3, 0.4) is 0 Å². The van der Waals surface area contributed by atoms with E-state index in [-0.39, 0.29) is 0 Å². The quantitative estimate of drug-likeness (QED) is 0.506. The summed E-state index contributed by atoms with van der Waals surface area (Å²) < 4.78 is 0. The molecule has 0 amide bonds. The molecule has 3 heteroatoms. The number of rotatable bonds is 3. The molecular formula is C16H21N3. The minimum absolute atomic E-state index is 0.534. The van der Waals surface area contributed by atoms with E-state index in [4.69, 9.17) is 6.42 Å². The van der Waals surface area contributed by atoms with E-state index in [1.807, 2.05) is 7.05 Å². The van der Waals surface area contributed by atoms with E-state index in [0.29, 0.717) is 12.5 Å². The van der Waals surface area contributed by atoms with E-state index >= 15 is 0 Å². The maximum absolute atomic E-state index is 5.27. The van der Waals surface area contributed by atoms with Gasteiger partial charge in [-0.05, 0) is 24.3 Å². The van der Waals surface area contributed by atoms with E-state index in [1.54, 1.807) is 0 Å². The Morgan fingerprint density at radius 2 is 2.26 bits per heavy atom. The van der Waals surface area contributed by atoms with Crippen LogP contribution in [0.25, 0.3) is 0 Å². The summed E-state index contributed by atoms with van der Waals surface area (Å²) in [4.78, 5) is 6.58. The van der Waals surface area contributed by atoms with Gasteiger partial charge < -0.3 is 10.2 Å². The molecule has 0 radical (unpaired) electrons.